The molecule has 0 saturated heterocycles. The van der Waals surface area contributed by atoms with Crippen LogP contribution in [0.4, 0.5) is 0 Å². The van der Waals surface area contributed by atoms with Crippen molar-refractivity contribution in [3.63, 3.8) is 0 Å². The van der Waals surface area contributed by atoms with Gasteiger partial charge >= 0.3 is 0 Å². The van der Waals surface area contributed by atoms with Crippen LogP contribution in [0.25, 0.3) is 28.2 Å². The molecule has 0 fully saturated rings. The average molecular weight is 316 g/mol. The number of para-hydroxylation sites is 1. The number of nitrogens with one attached hydrogen (secondary N) is 1. The maximum atomic E-state index is 4.86. The van der Waals surface area contributed by atoms with Gasteiger partial charge in [0.15, 0.2) is 5.65 Å². The highest BCUT2D eigenvalue weighted by Crippen LogP contribution is 2.31. The van der Waals surface area contributed by atoms with Gasteiger partial charge in [0.05, 0.1) is 11.4 Å². The molecular weight excluding hydrogens is 296 g/mol. The van der Waals surface area contributed by atoms with Crippen molar-refractivity contribution in [2.45, 2.75) is 26.2 Å². The molecule has 120 valence electrons. The molecule has 2 aromatic heterocycles. The van der Waals surface area contributed by atoms with Gasteiger partial charge in [0.25, 0.3) is 0 Å². The molecule has 24 heavy (non-hydrogen) atoms. The van der Waals surface area contributed by atoms with Gasteiger partial charge < -0.3 is 4.98 Å². The van der Waals surface area contributed by atoms with Gasteiger partial charge in [-0.25, -0.2) is 9.67 Å². The third-order valence-electron chi connectivity index (χ3n) is 4.08. The Morgan fingerprint density at radius 2 is 1.50 bits per heavy atom. The van der Waals surface area contributed by atoms with Crippen LogP contribution in [-0.2, 0) is 5.41 Å². The lowest BCUT2D eigenvalue weighted by atomic mass is 9.92. The van der Waals surface area contributed by atoms with Crippen molar-refractivity contribution in [2.75, 3.05) is 0 Å². The van der Waals surface area contributed by atoms with Gasteiger partial charge in [-0.15, -0.1) is 0 Å². The lowest BCUT2D eigenvalue weighted by Gasteiger charge is -2.14. The predicted octanol–water partition coefficient (Wildman–Crippen LogP) is 4.71. The average Bonchev–Trinajstić information content (AvgIpc) is 3.14. The summed E-state index contributed by atoms with van der Waals surface area (Å²) in [5, 5.41) is 4.85. The molecule has 0 saturated carbocycles. The molecule has 0 aliphatic heterocycles. The van der Waals surface area contributed by atoms with Gasteiger partial charge in [0.2, 0.25) is 0 Å². The van der Waals surface area contributed by atoms with Gasteiger partial charge in [-0.3, -0.25) is 0 Å². The van der Waals surface area contributed by atoms with Crippen molar-refractivity contribution < 1.29 is 0 Å². The Bertz CT molecular complexity index is 973. The van der Waals surface area contributed by atoms with Gasteiger partial charge in [-0.05, 0) is 12.1 Å². The molecule has 0 amide bonds. The second-order valence-electron chi connectivity index (χ2n) is 6.99. The van der Waals surface area contributed by atoms with Gasteiger partial charge in [-0.2, -0.15) is 5.10 Å². The SMILES string of the molecule is CC(C)(C)c1nn(-c2ccccc2)c2[nH]c(-c3ccccc3)nc12. The van der Waals surface area contributed by atoms with Crippen LogP contribution in [0.1, 0.15) is 26.5 Å². The first-order valence-electron chi connectivity index (χ1n) is 8.14. The van der Waals surface area contributed by atoms with Crippen molar-refractivity contribution in [1.82, 2.24) is 19.7 Å². The summed E-state index contributed by atoms with van der Waals surface area (Å²) >= 11 is 0. The van der Waals surface area contributed by atoms with Crippen molar-refractivity contribution >= 4 is 11.2 Å². The quantitative estimate of drug-likeness (QED) is 0.582. The smallest absolute Gasteiger partial charge is 0.161 e. The summed E-state index contributed by atoms with van der Waals surface area (Å²) in [6.45, 7) is 6.50. The normalized spacial score (nSPS) is 12.0. The van der Waals surface area contributed by atoms with Crippen molar-refractivity contribution in [3.05, 3.63) is 66.4 Å². The number of hydrogen-bond acceptors (Lipinski definition) is 2. The Kier molecular flexibility index (Phi) is 3.27. The molecule has 4 rings (SSSR count). The minimum Gasteiger partial charge on any atom is -0.322 e. The monoisotopic (exact) mass is 316 g/mol. The third kappa shape index (κ3) is 2.40. The zero-order valence-corrected chi connectivity index (χ0v) is 14.1. The summed E-state index contributed by atoms with van der Waals surface area (Å²) in [6.07, 6.45) is 0. The van der Waals surface area contributed by atoms with Crippen LogP contribution in [0.15, 0.2) is 60.7 Å². The standard InChI is InChI=1S/C20H20N4/c1-20(2,3)17-16-19(24(23-17)15-12-8-5-9-13-15)22-18(21-16)14-10-6-4-7-11-14/h4-13H,1-3H3,(H,21,22). The molecule has 0 atom stereocenters. The molecule has 4 nitrogen and oxygen atoms in total. The Balaban J connectivity index is 1.98. The number of H-pyrrole nitrogens is 1. The highest BCUT2D eigenvalue weighted by atomic mass is 15.3. The second kappa shape index (κ2) is 5.34. The Labute approximate surface area is 141 Å². The van der Waals surface area contributed by atoms with E-state index in [1.54, 1.807) is 0 Å². The summed E-state index contributed by atoms with van der Waals surface area (Å²) in [5.74, 6) is 0.873. The third-order valence-corrected chi connectivity index (χ3v) is 4.08. The number of benzene rings is 2. The lowest BCUT2D eigenvalue weighted by molar-refractivity contribution is 0.563. The first-order valence-corrected chi connectivity index (χ1v) is 8.14. The number of aromatic nitrogens is 4. The van der Waals surface area contributed by atoms with E-state index in [0.717, 1.165) is 33.9 Å². The largest absolute Gasteiger partial charge is 0.322 e. The van der Waals surface area contributed by atoms with Gasteiger partial charge in [0.1, 0.15) is 11.3 Å². The van der Waals surface area contributed by atoms with Crippen molar-refractivity contribution in [3.8, 4) is 17.1 Å². The van der Waals surface area contributed by atoms with E-state index in [2.05, 4.69) is 50.0 Å². The predicted molar refractivity (Wildman–Crippen MR) is 97.4 cm³/mol. The van der Waals surface area contributed by atoms with E-state index in [1.807, 2.05) is 41.1 Å². The molecule has 0 unspecified atom stereocenters. The van der Waals surface area contributed by atoms with E-state index in [0.29, 0.717) is 0 Å². The minimum atomic E-state index is -0.0819. The molecule has 2 heterocycles. The minimum absolute atomic E-state index is 0.0819. The zero-order chi connectivity index (χ0) is 16.7. The molecule has 4 heteroatoms. The Morgan fingerprint density at radius 3 is 2.12 bits per heavy atom. The van der Waals surface area contributed by atoms with Crippen LogP contribution in [0, 0.1) is 0 Å². The summed E-state index contributed by atoms with van der Waals surface area (Å²) in [4.78, 5) is 8.32. The molecule has 0 aliphatic rings. The number of rotatable bonds is 2. The van der Waals surface area contributed by atoms with E-state index in [1.165, 1.54) is 0 Å². The summed E-state index contributed by atoms with van der Waals surface area (Å²) in [6, 6.07) is 20.4. The fourth-order valence-electron chi connectivity index (χ4n) is 2.87. The Hall–Kier alpha value is -2.88. The number of imidazole rings is 1. The topological polar surface area (TPSA) is 46.5 Å². The van der Waals surface area contributed by atoms with Crippen LogP contribution >= 0.6 is 0 Å². The van der Waals surface area contributed by atoms with Gasteiger partial charge in [0, 0.05) is 11.0 Å². The fourth-order valence-corrected chi connectivity index (χ4v) is 2.87. The van der Waals surface area contributed by atoms with Crippen molar-refractivity contribution in [1.29, 1.82) is 0 Å². The van der Waals surface area contributed by atoms with Crippen LogP contribution < -0.4 is 0 Å². The number of fused-ring (bicyclic) bond motifs is 1. The molecule has 0 radical (unpaired) electrons. The number of hydrogen-bond donors (Lipinski definition) is 1. The van der Waals surface area contributed by atoms with Crippen LogP contribution in [0.3, 0.4) is 0 Å². The lowest BCUT2D eigenvalue weighted by Crippen LogP contribution is -2.13. The van der Waals surface area contributed by atoms with E-state index in [4.69, 9.17) is 10.1 Å². The second-order valence-corrected chi connectivity index (χ2v) is 6.99. The highest BCUT2D eigenvalue weighted by Gasteiger charge is 2.26. The number of nitrogens with zero attached hydrogens (tertiary/aromatic N) is 3. The summed E-state index contributed by atoms with van der Waals surface area (Å²) in [5.41, 5.74) is 4.89. The number of aromatic amines is 1. The van der Waals surface area contributed by atoms with Crippen LogP contribution in [0.5, 0.6) is 0 Å². The maximum Gasteiger partial charge on any atom is 0.161 e. The van der Waals surface area contributed by atoms with Crippen LogP contribution in [-0.4, -0.2) is 19.7 Å². The molecule has 2 aromatic carbocycles. The molecule has 4 aromatic rings. The zero-order valence-electron chi connectivity index (χ0n) is 14.1. The van der Waals surface area contributed by atoms with Crippen LogP contribution in [0.2, 0.25) is 0 Å². The Morgan fingerprint density at radius 1 is 0.875 bits per heavy atom. The van der Waals surface area contributed by atoms with Gasteiger partial charge in [-0.1, -0.05) is 69.3 Å². The molecule has 0 bridgehead atoms. The summed E-state index contributed by atoms with van der Waals surface area (Å²) in [7, 11) is 0. The van der Waals surface area contributed by atoms with E-state index in [9.17, 15) is 0 Å². The molecule has 0 spiro atoms. The first kappa shape index (κ1) is 14.7. The molecule has 1 N–H and O–H groups in total. The molecular formula is C20H20N4. The highest BCUT2D eigenvalue weighted by molar-refractivity contribution is 5.81. The maximum absolute atomic E-state index is 4.86. The molecule has 0 aliphatic carbocycles. The fraction of sp³-hybridized carbons (Fsp3) is 0.200. The van der Waals surface area contributed by atoms with E-state index < -0.39 is 0 Å². The summed E-state index contributed by atoms with van der Waals surface area (Å²) < 4.78 is 1.95. The van der Waals surface area contributed by atoms with E-state index in [-0.39, 0.29) is 5.41 Å². The van der Waals surface area contributed by atoms with E-state index >= 15 is 0 Å². The van der Waals surface area contributed by atoms with Crippen molar-refractivity contribution in [2.24, 2.45) is 0 Å². The first-order chi connectivity index (χ1) is 11.5.